The molecule has 0 spiro atoms. The van der Waals surface area contributed by atoms with Crippen LogP contribution in [0, 0.1) is 12.8 Å². The minimum absolute atomic E-state index is 0.0784. The maximum atomic E-state index is 12.6. The van der Waals surface area contributed by atoms with Gasteiger partial charge in [-0.3, -0.25) is 9.69 Å². The van der Waals surface area contributed by atoms with Crippen LogP contribution in [0.1, 0.15) is 30.4 Å². The second-order valence-corrected chi connectivity index (χ2v) is 7.99. The Bertz CT molecular complexity index is 550. The lowest BCUT2D eigenvalue weighted by Gasteiger charge is -2.26. The minimum Gasteiger partial charge on any atom is -0.381 e. The molecule has 1 unspecified atom stereocenters. The molecular formula is C19H28N2O2S. The van der Waals surface area contributed by atoms with Crippen LogP contribution in [0.15, 0.2) is 18.2 Å². The lowest BCUT2D eigenvalue weighted by molar-refractivity contribution is -0.120. The number of carbonyl (C=O) groups excluding carboxylic acids is 1. The number of aryl methyl sites for hydroxylation is 1. The van der Waals surface area contributed by atoms with Crippen molar-refractivity contribution in [1.29, 1.82) is 0 Å². The van der Waals surface area contributed by atoms with Gasteiger partial charge < -0.3 is 10.1 Å². The maximum Gasteiger partial charge on any atom is 0.227 e. The predicted molar refractivity (Wildman–Crippen MR) is 101 cm³/mol. The summed E-state index contributed by atoms with van der Waals surface area (Å²) in [5, 5.41) is 3.17. The summed E-state index contributed by atoms with van der Waals surface area (Å²) in [4.78, 5) is 15.1. The molecule has 1 amide bonds. The Kier molecular flexibility index (Phi) is 6.58. The molecule has 2 fully saturated rings. The van der Waals surface area contributed by atoms with Gasteiger partial charge in [0.05, 0.1) is 0 Å². The van der Waals surface area contributed by atoms with Crippen LogP contribution in [0.3, 0.4) is 0 Å². The molecule has 2 aliphatic heterocycles. The first-order chi connectivity index (χ1) is 11.7. The zero-order valence-corrected chi connectivity index (χ0v) is 15.4. The number of thioether (sulfide) groups is 1. The van der Waals surface area contributed by atoms with Crippen LogP contribution < -0.4 is 5.32 Å². The van der Waals surface area contributed by atoms with E-state index >= 15 is 0 Å². The number of carbonyl (C=O) groups is 1. The Labute approximate surface area is 149 Å². The standard InChI is InChI=1S/C19H28N2O2S/c1-15-4-5-16(14-21-7-11-24-12-8-21)13-18(15)20-19(22)17-3-2-9-23-10-6-17/h4-5,13,17H,2-3,6-12,14H2,1H3,(H,20,22). The van der Waals surface area contributed by atoms with E-state index in [1.54, 1.807) is 0 Å². The third kappa shape index (κ3) is 4.98. The van der Waals surface area contributed by atoms with Gasteiger partial charge in [-0.2, -0.15) is 11.8 Å². The van der Waals surface area contributed by atoms with Crippen molar-refractivity contribution in [1.82, 2.24) is 4.90 Å². The molecule has 0 radical (unpaired) electrons. The number of hydrogen-bond donors (Lipinski definition) is 1. The SMILES string of the molecule is Cc1ccc(CN2CCSCC2)cc1NC(=O)C1CCCOCC1. The van der Waals surface area contributed by atoms with Crippen molar-refractivity contribution >= 4 is 23.4 Å². The van der Waals surface area contributed by atoms with E-state index in [9.17, 15) is 4.79 Å². The highest BCUT2D eigenvalue weighted by molar-refractivity contribution is 7.99. The highest BCUT2D eigenvalue weighted by Gasteiger charge is 2.21. The van der Waals surface area contributed by atoms with E-state index in [2.05, 4.69) is 35.3 Å². The fraction of sp³-hybridized carbons (Fsp3) is 0.632. The molecule has 2 heterocycles. The number of amides is 1. The molecule has 4 nitrogen and oxygen atoms in total. The van der Waals surface area contributed by atoms with Crippen LogP contribution in [0.5, 0.6) is 0 Å². The fourth-order valence-corrected chi connectivity index (χ4v) is 4.30. The molecule has 0 aromatic heterocycles. The highest BCUT2D eigenvalue weighted by Crippen LogP contribution is 2.23. The Balaban J connectivity index is 1.63. The summed E-state index contributed by atoms with van der Waals surface area (Å²) in [6.07, 6.45) is 2.73. The van der Waals surface area contributed by atoms with Crippen molar-refractivity contribution < 1.29 is 9.53 Å². The number of hydrogen-bond acceptors (Lipinski definition) is 4. The third-order valence-electron chi connectivity index (χ3n) is 4.89. The second kappa shape index (κ2) is 8.88. The molecule has 3 rings (SSSR count). The number of nitrogens with zero attached hydrogens (tertiary/aromatic N) is 1. The van der Waals surface area contributed by atoms with Crippen molar-refractivity contribution in [2.24, 2.45) is 5.92 Å². The average Bonchev–Trinajstić information content (AvgIpc) is 2.88. The minimum atomic E-state index is 0.0784. The first-order valence-corrected chi connectivity index (χ1v) is 10.2. The number of anilines is 1. The van der Waals surface area contributed by atoms with Gasteiger partial charge in [-0.25, -0.2) is 0 Å². The molecule has 132 valence electrons. The van der Waals surface area contributed by atoms with Gasteiger partial charge in [0.25, 0.3) is 0 Å². The van der Waals surface area contributed by atoms with Crippen LogP contribution >= 0.6 is 11.8 Å². The highest BCUT2D eigenvalue weighted by atomic mass is 32.2. The third-order valence-corrected chi connectivity index (χ3v) is 5.83. The topological polar surface area (TPSA) is 41.6 Å². The molecule has 0 saturated carbocycles. The normalized spacial score (nSPS) is 22.8. The number of ether oxygens (including phenoxy) is 1. The van der Waals surface area contributed by atoms with Gasteiger partial charge in [-0.05, 0) is 43.4 Å². The Hall–Kier alpha value is -1.04. The summed E-state index contributed by atoms with van der Waals surface area (Å²) in [5.41, 5.74) is 3.38. The van der Waals surface area contributed by atoms with Crippen LogP contribution in [-0.4, -0.2) is 48.6 Å². The largest absolute Gasteiger partial charge is 0.381 e. The van der Waals surface area contributed by atoms with Gasteiger partial charge >= 0.3 is 0 Å². The molecule has 0 aliphatic carbocycles. The Morgan fingerprint density at radius 3 is 2.96 bits per heavy atom. The zero-order valence-electron chi connectivity index (χ0n) is 14.6. The summed E-state index contributed by atoms with van der Waals surface area (Å²) in [6, 6.07) is 6.47. The van der Waals surface area contributed by atoms with E-state index in [0.29, 0.717) is 6.61 Å². The molecule has 5 heteroatoms. The summed E-state index contributed by atoms with van der Waals surface area (Å²) >= 11 is 2.03. The lowest BCUT2D eigenvalue weighted by Crippen LogP contribution is -2.32. The van der Waals surface area contributed by atoms with Gasteiger partial charge in [0, 0.05) is 56.0 Å². The monoisotopic (exact) mass is 348 g/mol. The Morgan fingerprint density at radius 1 is 1.29 bits per heavy atom. The van der Waals surface area contributed by atoms with Gasteiger partial charge in [-0.1, -0.05) is 12.1 Å². The average molecular weight is 349 g/mol. The van der Waals surface area contributed by atoms with E-state index in [1.807, 2.05) is 11.8 Å². The first kappa shape index (κ1) is 17.8. The maximum absolute atomic E-state index is 12.6. The summed E-state index contributed by atoms with van der Waals surface area (Å²) in [7, 11) is 0. The molecule has 24 heavy (non-hydrogen) atoms. The molecule has 1 aromatic rings. The second-order valence-electron chi connectivity index (χ2n) is 6.77. The summed E-state index contributed by atoms with van der Waals surface area (Å²) in [5.74, 6) is 2.67. The van der Waals surface area contributed by atoms with Crippen LogP contribution in [-0.2, 0) is 16.1 Å². The van der Waals surface area contributed by atoms with Gasteiger partial charge in [0.2, 0.25) is 5.91 Å². The number of benzene rings is 1. The van der Waals surface area contributed by atoms with Crippen molar-refractivity contribution in [3.8, 4) is 0 Å². The molecule has 2 aliphatic rings. The van der Waals surface area contributed by atoms with E-state index in [1.165, 1.54) is 17.1 Å². The van der Waals surface area contributed by atoms with E-state index in [4.69, 9.17) is 4.74 Å². The van der Waals surface area contributed by atoms with Crippen molar-refractivity contribution in [2.45, 2.75) is 32.7 Å². The van der Waals surface area contributed by atoms with E-state index < -0.39 is 0 Å². The number of rotatable bonds is 4. The zero-order chi connectivity index (χ0) is 16.8. The molecule has 1 aromatic carbocycles. The molecule has 1 N–H and O–H groups in total. The van der Waals surface area contributed by atoms with Crippen LogP contribution in [0.2, 0.25) is 0 Å². The quantitative estimate of drug-likeness (QED) is 0.906. The first-order valence-electron chi connectivity index (χ1n) is 9.00. The summed E-state index contributed by atoms with van der Waals surface area (Å²) in [6.45, 7) is 6.83. The van der Waals surface area contributed by atoms with Crippen LogP contribution in [0.25, 0.3) is 0 Å². The Morgan fingerprint density at radius 2 is 2.12 bits per heavy atom. The van der Waals surface area contributed by atoms with Crippen molar-refractivity contribution in [3.05, 3.63) is 29.3 Å². The smallest absolute Gasteiger partial charge is 0.227 e. The van der Waals surface area contributed by atoms with E-state index in [-0.39, 0.29) is 11.8 Å². The summed E-state index contributed by atoms with van der Waals surface area (Å²) < 4.78 is 5.47. The molecule has 2 saturated heterocycles. The van der Waals surface area contributed by atoms with Crippen molar-refractivity contribution in [3.63, 3.8) is 0 Å². The number of nitrogens with one attached hydrogen (secondary N) is 1. The molecule has 0 bridgehead atoms. The van der Waals surface area contributed by atoms with Gasteiger partial charge in [0.1, 0.15) is 0 Å². The molecular weight excluding hydrogens is 320 g/mol. The van der Waals surface area contributed by atoms with Gasteiger partial charge in [-0.15, -0.1) is 0 Å². The fourth-order valence-electron chi connectivity index (χ4n) is 3.32. The van der Waals surface area contributed by atoms with Crippen LogP contribution in [0.4, 0.5) is 5.69 Å². The van der Waals surface area contributed by atoms with Crippen molar-refractivity contribution in [2.75, 3.05) is 43.1 Å². The van der Waals surface area contributed by atoms with Gasteiger partial charge in [0.15, 0.2) is 0 Å². The van der Waals surface area contributed by atoms with E-state index in [0.717, 1.165) is 56.8 Å². The lowest BCUT2D eigenvalue weighted by atomic mass is 9.99. The molecule has 1 atom stereocenters. The predicted octanol–water partition coefficient (Wildman–Crippen LogP) is 3.30.